The summed E-state index contributed by atoms with van der Waals surface area (Å²) in [6, 6.07) is 1.90. The molecule has 1 aromatic heterocycles. The summed E-state index contributed by atoms with van der Waals surface area (Å²) in [5.74, 6) is -0.0781. The number of ether oxygens (including phenoxy) is 1. The second-order valence-electron chi connectivity index (χ2n) is 4.76. The lowest BCUT2D eigenvalue weighted by molar-refractivity contribution is 0.0662. The van der Waals surface area contributed by atoms with Crippen LogP contribution in [-0.4, -0.2) is 23.2 Å². The van der Waals surface area contributed by atoms with Gasteiger partial charge in [-0.1, -0.05) is 0 Å². The number of aromatic nitrogens is 1. The lowest BCUT2D eigenvalue weighted by Crippen LogP contribution is -1.96. The summed E-state index contributed by atoms with van der Waals surface area (Å²) >= 11 is 0. The lowest BCUT2D eigenvalue weighted by Gasteiger charge is -2.13. The highest BCUT2D eigenvalue weighted by Crippen LogP contribution is 2.34. The maximum atomic E-state index is 11.0. The summed E-state index contributed by atoms with van der Waals surface area (Å²) < 4.78 is 10.7. The number of carboxylic acid groups (broad SMARTS) is 1. The minimum Gasteiger partial charge on any atom is -0.496 e. The van der Waals surface area contributed by atoms with Gasteiger partial charge < -0.3 is 14.3 Å². The number of rotatable bonds is 3. The molecule has 0 aliphatic carbocycles. The minimum absolute atomic E-state index is 0.120. The highest BCUT2D eigenvalue weighted by atomic mass is 16.5. The van der Waals surface area contributed by atoms with Crippen LogP contribution in [0.25, 0.3) is 11.5 Å². The average molecular weight is 275 g/mol. The van der Waals surface area contributed by atoms with Crippen LogP contribution in [0.1, 0.15) is 32.9 Å². The second-order valence-corrected chi connectivity index (χ2v) is 4.76. The Morgan fingerprint density at radius 2 is 1.90 bits per heavy atom. The molecule has 1 N–H and O–H groups in total. The number of oxazole rings is 1. The fourth-order valence-electron chi connectivity index (χ4n) is 2.30. The Kier molecular flexibility index (Phi) is 3.53. The van der Waals surface area contributed by atoms with Crippen molar-refractivity contribution in [1.29, 1.82) is 0 Å². The van der Waals surface area contributed by atoms with Crippen LogP contribution in [0.2, 0.25) is 0 Å². The van der Waals surface area contributed by atoms with E-state index in [1.165, 1.54) is 0 Å². The van der Waals surface area contributed by atoms with Crippen LogP contribution in [-0.2, 0) is 0 Å². The Morgan fingerprint density at radius 3 is 2.40 bits per heavy atom. The molecule has 0 bridgehead atoms. The van der Waals surface area contributed by atoms with Gasteiger partial charge in [0, 0.05) is 5.56 Å². The number of methoxy groups -OCH3 is 1. The number of carbonyl (C=O) groups is 1. The zero-order valence-electron chi connectivity index (χ0n) is 12.2. The van der Waals surface area contributed by atoms with E-state index in [2.05, 4.69) is 4.98 Å². The molecular weight excluding hydrogens is 258 g/mol. The van der Waals surface area contributed by atoms with Crippen molar-refractivity contribution in [2.45, 2.75) is 27.7 Å². The summed E-state index contributed by atoms with van der Waals surface area (Å²) in [6.07, 6.45) is 0. The van der Waals surface area contributed by atoms with E-state index in [4.69, 9.17) is 14.3 Å². The number of benzene rings is 1. The van der Waals surface area contributed by atoms with Crippen LogP contribution in [0, 0.1) is 27.7 Å². The van der Waals surface area contributed by atoms with Crippen molar-refractivity contribution in [3.8, 4) is 17.2 Å². The van der Waals surface area contributed by atoms with Gasteiger partial charge in [0.25, 0.3) is 0 Å². The molecule has 106 valence electrons. The molecule has 0 atom stereocenters. The summed E-state index contributed by atoms with van der Waals surface area (Å²) in [4.78, 5) is 15.2. The third-order valence-electron chi connectivity index (χ3n) is 3.45. The number of aryl methyl sites for hydroxylation is 2. The molecule has 2 rings (SSSR count). The standard InChI is InChI=1S/C15H17NO4/c1-7-6-11(8(2)9(3)12(7)19-5)14-16-10(4)13(20-14)15(17)18/h6H,1-5H3,(H,17,18). The zero-order chi connectivity index (χ0) is 15.0. The van der Waals surface area contributed by atoms with Crippen molar-refractivity contribution < 1.29 is 19.1 Å². The van der Waals surface area contributed by atoms with Gasteiger partial charge in [-0.2, -0.15) is 0 Å². The maximum Gasteiger partial charge on any atom is 0.373 e. The molecule has 20 heavy (non-hydrogen) atoms. The van der Waals surface area contributed by atoms with E-state index in [1.54, 1.807) is 14.0 Å². The average Bonchev–Trinajstić information content (AvgIpc) is 2.76. The molecule has 0 spiro atoms. The van der Waals surface area contributed by atoms with Crippen LogP contribution in [0.3, 0.4) is 0 Å². The van der Waals surface area contributed by atoms with Crippen molar-refractivity contribution >= 4 is 5.97 Å². The van der Waals surface area contributed by atoms with Gasteiger partial charge in [-0.25, -0.2) is 9.78 Å². The van der Waals surface area contributed by atoms with Gasteiger partial charge in [0.15, 0.2) is 0 Å². The molecule has 5 nitrogen and oxygen atoms in total. The Labute approximate surface area is 117 Å². The number of hydrogen-bond acceptors (Lipinski definition) is 4. The first-order chi connectivity index (χ1) is 9.36. The second kappa shape index (κ2) is 5.00. The quantitative estimate of drug-likeness (QED) is 0.930. The number of hydrogen-bond donors (Lipinski definition) is 1. The smallest absolute Gasteiger partial charge is 0.373 e. The maximum absolute atomic E-state index is 11.0. The molecule has 0 radical (unpaired) electrons. The molecular formula is C15H17NO4. The fourth-order valence-corrected chi connectivity index (χ4v) is 2.30. The summed E-state index contributed by atoms with van der Waals surface area (Å²) in [5, 5.41) is 9.03. The first-order valence-electron chi connectivity index (χ1n) is 6.22. The summed E-state index contributed by atoms with van der Waals surface area (Å²) in [6.45, 7) is 7.45. The predicted molar refractivity (Wildman–Crippen MR) is 74.4 cm³/mol. The van der Waals surface area contributed by atoms with E-state index in [0.717, 1.165) is 28.0 Å². The first-order valence-corrected chi connectivity index (χ1v) is 6.22. The molecule has 1 heterocycles. The third kappa shape index (κ3) is 2.15. The molecule has 0 fully saturated rings. The van der Waals surface area contributed by atoms with Gasteiger partial charge in [-0.05, 0) is 50.5 Å². The fraction of sp³-hybridized carbons (Fsp3) is 0.333. The topological polar surface area (TPSA) is 72.6 Å². The van der Waals surface area contributed by atoms with Crippen molar-refractivity contribution in [3.63, 3.8) is 0 Å². The van der Waals surface area contributed by atoms with Crippen LogP contribution >= 0.6 is 0 Å². The molecule has 0 amide bonds. The van der Waals surface area contributed by atoms with E-state index in [0.29, 0.717) is 11.6 Å². The molecule has 0 unspecified atom stereocenters. The number of aromatic carboxylic acids is 1. The molecule has 2 aromatic rings. The van der Waals surface area contributed by atoms with Crippen molar-refractivity contribution in [2.75, 3.05) is 7.11 Å². The molecule has 1 aromatic carbocycles. The number of nitrogens with zero attached hydrogens (tertiary/aromatic N) is 1. The largest absolute Gasteiger partial charge is 0.496 e. The van der Waals surface area contributed by atoms with Crippen LogP contribution in [0.4, 0.5) is 0 Å². The Bertz CT molecular complexity index is 686. The van der Waals surface area contributed by atoms with E-state index in [-0.39, 0.29) is 5.76 Å². The predicted octanol–water partition coefficient (Wildman–Crippen LogP) is 3.28. The molecule has 0 aliphatic rings. The van der Waals surface area contributed by atoms with Crippen LogP contribution < -0.4 is 4.74 Å². The van der Waals surface area contributed by atoms with Gasteiger partial charge in [0.1, 0.15) is 5.75 Å². The number of carboxylic acids is 1. The molecule has 0 aliphatic heterocycles. The van der Waals surface area contributed by atoms with Gasteiger partial charge in [-0.15, -0.1) is 0 Å². The van der Waals surface area contributed by atoms with E-state index < -0.39 is 5.97 Å². The lowest BCUT2D eigenvalue weighted by atomic mass is 9.98. The highest BCUT2D eigenvalue weighted by Gasteiger charge is 2.20. The minimum atomic E-state index is -1.11. The Balaban J connectivity index is 2.65. The summed E-state index contributed by atoms with van der Waals surface area (Å²) in [5.41, 5.74) is 4.08. The molecule has 0 saturated carbocycles. The highest BCUT2D eigenvalue weighted by molar-refractivity contribution is 5.86. The monoisotopic (exact) mass is 275 g/mol. The van der Waals surface area contributed by atoms with Gasteiger partial charge in [-0.3, -0.25) is 0 Å². The zero-order valence-corrected chi connectivity index (χ0v) is 12.2. The Hall–Kier alpha value is -2.30. The summed E-state index contributed by atoms with van der Waals surface area (Å²) in [7, 11) is 1.63. The third-order valence-corrected chi connectivity index (χ3v) is 3.45. The Morgan fingerprint density at radius 1 is 1.25 bits per heavy atom. The van der Waals surface area contributed by atoms with Crippen molar-refractivity contribution in [3.05, 3.63) is 34.2 Å². The normalized spacial score (nSPS) is 10.7. The van der Waals surface area contributed by atoms with Crippen LogP contribution in [0.15, 0.2) is 10.5 Å². The van der Waals surface area contributed by atoms with Gasteiger partial charge >= 0.3 is 5.97 Å². The van der Waals surface area contributed by atoms with E-state index in [1.807, 2.05) is 26.8 Å². The van der Waals surface area contributed by atoms with Gasteiger partial charge in [0.2, 0.25) is 11.7 Å². The van der Waals surface area contributed by atoms with E-state index >= 15 is 0 Å². The van der Waals surface area contributed by atoms with Crippen molar-refractivity contribution in [1.82, 2.24) is 4.98 Å². The SMILES string of the molecule is COc1c(C)cc(-c2nc(C)c(C(=O)O)o2)c(C)c1C. The van der Waals surface area contributed by atoms with Gasteiger partial charge in [0.05, 0.1) is 12.8 Å². The van der Waals surface area contributed by atoms with Crippen LogP contribution in [0.5, 0.6) is 5.75 Å². The first kappa shape index (κ1) is 14.1. The van der Waals surface area contributed by atoms with Crippen molar-refractivity contribution in [2.24, 2.45) is 0 Å². The van der Waals surface area contributed by atoms with E-state index in [9.17, 15) is 4.79 Å². The molecule has 5 heteroatoms. The molecule has 0 saturated heterocycles.